The molecule has 0 atom stereocenters. The average Bonchev–Trinajstić information content (AvgIpc) is 2.84. The Bertz CT molecular complexity index is 595. The standard InChI is InChI=1S/C16H22ClN3O/c1-4-18-10-13-7-6-8-15(17)16(13)21-11-14-9-12(3)19-20(14)5-2/h6-9,18H,4-5,10-11H2,1-3H3. The Kier molecular flexibility index (Phi) is 5.65. The fraction of sp³-hybridized carbons (Fsp3) is 0.438. The molecule has 0 radical (unpaired) electrons. The van der Waals surface area contributed by atoms with Gasteiger partial charge in [-0.15, -0.1) is 0 Å². The Morgan fingerprint density at radius 1 is 1.33 bits per heavy atom. The zero-order valence-electron chi connectivity index (χ0n) is 12.8. The summed E-state index contributed by atoms with van der Waals surface area (Å²) < 4.78 is 7.93. The second-order valence-corrected chi connectivity index (χ2v) is 5.30. The summed E-state index contributed by atoms with van der Waals surface area (Å²) in [4.78, 5) is 0. The van der Waals surface area contributed by atoms with Gasteiger partial charge in [0.05, 0.1) is 16.4 Å². The molecule has 1 aromatic heterocycles. The first-order valence-electron chi connectivity index (χ1n) is 7.30. The van der Waals surface area contributed by atoms with Crippen LogP contribution < -0.4 is 10.1 Å². The summed E-state index contributed by atoms with van der Waals surface area (Å²) in [5, 5.41) is 8.37. The van der Waals surface area contributed by atoms with Gasteiger partial charge in [0.2, 0.25) is 0 Å². The maximum atomic E-state index is 6.28. The quantitative estimate of drug-likeness (QED) is 0.850. The first kappa shape index (κ1) is 15.9. The molecule has 5 heteroatoms. The lowest BCUT2D eigenvalue weighted by molar-refractivity contribution is 0.289. The normalized spacial score (nSPS) is 10.9. The highest BCUT2D eigenvalue weighted by atomic mass is 35.5. The van der Waals surface area contributed by atoms with E-state index in [2.05, 4.69) is 24.3 Å². The van der Waals surface area contributed by atoms with Gasteiger partial charge in [0, 0.05) is 18.7 Å². The van der Waals surface area contributed by atoms with Gasteiger partial charge in [0.1, 0.15) is 12.4 Å². The van der Waals surface area contributed by atoms with E-state index in [-0.39, 0.29) is 0 Å². The van der Waals surface area contributed by atoms with Crippen molar-refractivity contribution in [2.24, 2.45) is 0 Å². The highest BCUT2D eigenvalue weighted by molar-refractivity contribution is 6.32. The molecule has 0 fully saturated rings. The molecular weight excluding hydrogens is 286 g/mol. The molecule has 1 heterocycles. The fourth-order valence-electron chi connectivity index (χ4n) is 2.25. The van der Waals surface area contributed by atoms with Crippen molar-refractivity contribution in [1.29, 1.82) is 0 Å². The Morgan fingerprint density at radius 3 is 2.86 bits per heavy atom. The molecule has 21 heavy (non-hydrogen) atoms. The second-order valence-electron chi connectivity index (χ2n) is 4.89. The van der Waals surface area contributed by atoms with Crippen molar-refractivity contribution in [1.82, 2.24) is 15.1 Å². The van der Waals surface area contributed by atoms with Crippen LogP contribution in [-0.2, 0) is 19.7 Å². The van der Waals surface area contributed by atoms with Crippen LogP contribution in [0.5, 0.6) is 5.75 Å². The number of aromatic nitrogens is 2. The fourth-order valence-corrected chi connectivity index (χ4v) is 2.50. The zero-order chi connectivity index (χ0) is 15.2. The highest BCUT2D eigenvalue weighted by Crippen LogP contribution is 2.29. The number of ether oxygens (including phenoxy) is 1. The monoisotopic (exact) mass is 307 g/mol. The molecule has 0 aliphatic carbocycles. The van der Waals surface area contributed by atoms with Crippen molar-refractivity contribution in [3.8, 4) is 5.75 Å². The summed E-state index contributed by atoms with van der Waals surface area (Å²) in [5.74, 6) is 0.752. The van der Waals surface area contributed by atoms with E-state index in [1.807, 2.05) is 35.9 Å². The van der Waals surface area contributed by atoms with Crippen LogP contribution in [0.3, 0.4) is 0 Å². The van der Waals surface area contributed by atoms with Crippen molar-refractivity contribution in [2.45, 2.75) is 40.5 Å². The average molecular weight is 308 g/mol. The first-order valence-corrected chi connectivity index (χ1v) is 7.67. The van der Waals surface area contributed by atoms with E-state index in [4.69, 9.17) is 16.3 Å². The summed E-state index contributed by atoms with van der Waals surface area (Å²) in [6.45, 7) is 9.10. The third-order valence-electron chi connectivity index (χ3n) is 3.26. The van der Waals surface area contributed by atoms with E-state index in [9.17, 15) is 0 Å². The van der Waals surface area contributed by atoms with Crippen LogP contribution in [0.25, 0.3) is 0 Å². The molecule has 0 aliphatic rings. The minimum absolute atomic E-state index is 0.470. The van der Waals surface area contributed by atoms with E-state index in [1.54, 1.807) is 0 Å². The molecule has 4 nitrogen and oxygen atoms in total. The lowest BCUT2D eigenvalue weighted by Crippen LogP contribution is -2.13. The van der Waals surface area contributed by atoms with Crippen molar-refractivity contribution >= 4 is 11.6 Å². The Morgan fingerprint density at radius 2 is 2.14 bits per heavy atom. The van der Waals surface area contributed by atoms with Crippen molar-refractivity contribution in [3.63, 3.8) is 0 Å². The Labute approximate surface area is 131 Å². The number of rotatable bonds is 7. The number of halogens is 1. The number of hydrogen-bond acceptors (Lipinski definition) is 3. The third-order valence-corrected chi connectivity index (χ3v) is 3.56. The van der Waals surface area contributed by atoms with Crippen molar-refractivity contribution in [3.05, 3.63) is 46.2 Å². The highest BCUT2D eigenvalue weighted by Gasteiger charge is 2.10. The maximum absolute atomic E-state index is 6.28. The molecule has 0 bridgehead atoms. The van der Waals surface area contributed by atoms with E-state index in [0.29, 0.717) is 11.6 Å². The van der Waals surface area contributed by atoms with Crippen LogP contribution in [0.2, 0.25) is 5.02 Å². The van der Waals surface area contributed by atoms with Crippen LogP contribution in [0.4, 0.5) is 0 Å². The van der Waals surface area contributed by atoms with Gasteiger partial charge in [-0.1, -0.05) is 30.7 Å². The molecule has 0 spiro atoms. The van der Waals surface area contributed by atoms with Crippen LogP contribution >= 0.6 is 11.6 Å². The molecule has 114 valence electrons. The van der Waals surface area contributed by atoms with Gasteiger partial charge in [-0.25, -0.2) is 0 Å². The number of benzene rings is 1. The summed E-state index contributed by atoms with van der Waals surface area (Å²) in [7, 11) is 0. The van der Waals surface area contributed by atoms with Crippen molar-refractivity contribution in [2.75, 3.05) is 6.54 Å². The van der Waals surface area contributed by atoms with Crippen LogP contribution in [0.1, 0.15) is 30.8 Å². The largest absolute Gasteiger partial charge is 0.485 e. The molecule has 2 rings (SSSR count). The van der Waals surface area contributed by atoms with Gasteiger partial charge in [0.15, 0.2) is 0 Å². The number of aryl methyl sites for hydroxylation is 2. The minimum atomic E-state index is 0.470. The molecule has 1 aromatic carbocycles. The Balaban J connectivity index is 2.15. The molecule has 0 saturated carbocycles. The Hall–Kier alpha value is -1.52. The van der Waals surface area contributed by atoms with Gasteiger partial charge in [-0.2, -0.15) is 5.10 Å². The van der Waals surface area contributed by atoms with Crippen molar-refractivity contribution < 1.29 is 4.74 Å². The van der Waals surface area contributed by atoms with E-state index in [1.165, 1.54) is 0 Å². The van der Waals surface area contributed by atoms with Crippen LogP contribution in [0.15, 0.2) is 24.3 Å². The molecule has 0 saturated heterocycles. The summed E-state index contributed by atoms with van der Waals surface area (Å²) in [6, 6.07) is 7.88. The number of hydrogen-bond donors (Lipinski definition) is 1. The number of nitrogens with one attached hydrogen (secondary N) is 1. The zero-order valence-corrected chi connectivity index (χ0v) is 13.6. The molecular formula is C16H22ClN3O. The van der Waals surface area contributed by atoms with Gasteiger partial charge in [-0.3, -0.25) is 4.68 Å². The van der Waals surface area contributed by atoms with E-state index in [0.717, 1.165) is 42.3 Å². The minimum Gasteiger partial charge on any atom is -0.485 e. The number of nitrogens with zero attached hydrogens (tertiary/aromatic N) is 2. The maximum Gasteiger partial charge on any atom is 0.142 e. The number of para-hydroxylation sites is 1. The molecule has 0 amide bonds. The van der Waals surface area contributed by atoms with Gasteiger partial charge >= 0.3 is 0 Å². The SMILES string of the molecule is CCNCc1cccc(Cl)c1OCc1cc(C)nn1CC. The predicted octanol–water partition coefficient (Wildman–Crippen LogP) is 3.55. The lowest BCUT2D eigenvalue weighted by Gasteiger charge is -2.14. The van der Waals surface area contributed by atoms with E-state index >= 15 is 0 Å². The topological polar surface area (TPSA) is 39.1 Å². The summed E-state index contributed by atoms with van der Waals surface area (Å²) in [5.41, 5.74) is 3.13. The van der Waals surface area contributed by atoms with Gasteiger partial charge in [-0.05, 0) is 32.5 Å². The second kappa shape index (κ2) is 7.48. The summed E-state index contributed by atoms with van der Waals surface area (Å²) in [6.07, 6.45) is 0. The van der Waals surface area contributed by atoms with Gasteiger partial charge in [0.25, 0.3) is 0 Å². The third kappa shape index (κ3) is 3.99. The van der Waals surface area contributed by atoms with E-state index < -0.39 is 0 Å². The molecule has 1 N–H and O–H groups in total. The molecule has 2 aromatic rings. The molecule has 0 aliphatic heterocycles. The lowest BCUT2D eigenvalue weighted by atomic mass is 10.2. The summed E-state index contributed by atoms with van der Waals surface area (Å²) >= 11 is 6.28. The van der Waals surface area contributed by atoms with Crippen LogP contribution in [0, 0.1) is 6.92 Å². The van der Waals surface area contributed by atoms with Gasteiger partial charge < -0.3 is 10.1 Å². The smallest absolute Gasteiger partial charge is 0.142 e. The van der Waals surface area contributed by atoms with Crippen LogP contribution in [-0.4, -0.2) is 16.3 Å². The predicted molar refractivity (Wildman–Crippen MR) is 85.8 cm³/mol. The molecule has 0 unspecified atom stereocenters. The first-order chi connectivity index (χ1) is 10.2.